The highest BCUT2D eigenvalue weighted by atomic mass is 35.5. The number of carbonyl (C=O) groups is 4. The maximum absolute atomic E-state index is 14.8. The molecule has 2 heterocycles. The fraction of sp³-hybridized carbons (Fsp3) is 0.273. The Labute approximate surface area is 229 Å². The Bertz CT molecular complexity index is 1360. The lowest BCUT2D eigenvalue weighted by Crippen LogP contribution is -2.67. The summed E-state index contributed by atoms with van der Waals surface area (Å²) in [6.07, 6.45) is 0. The predicted octanol–water partition coefficient (Wildman–Crippen LogP) is -3.11. The summed E-state index contributed by atoms with van der Waals surface area (Å²) in [6, 6.07) is 8.75. The van der Waals surface area contributed by atoms with E-state index in [2.05, 4.69) is 5.32 Å². The topological polar surface area (TPSA) is 86.8 Å². The summed E-state index contributed by atoms with van der Waals surface area (Å²) in [5.41, 5.74) is 1.05. The first-order chi connectivity index (χ1) is 17.5. The minimum Gasteiger partial charge on any atom is -0.352 e. The molecule has 2 aliphatic heterocycles. The molecular formula is C22H24B6ClF2N3O4. The molecule has 1 N–H and O–H groups in total. The van der Waals surface area contributed by atoms with Crippen LogP contribution in [0.2, 0.25) is 15.5 Å². The number of imide groups is 1. The second kappa shape index (κ2) is 9.36. The van der Waals surface area contributed by atoms with E-state index in [9.17, 15) is 28.0 Å². The molecule has 190 valence electrons. The van der Waals surface area contributed by atoms with E-state index >= 15 is 0 Å². The van der Waals surface area contributed by atoms with E-state index in [1.54, 1.807) is 57.4 Å². The molecule has 2 aromatic carbocycles. The number of alkyl halides is 2. The van der Waals surface area contributed by atoms with Crippen molar-refractivity contribution < 1.29 is 28.0 Å². The standard InChI is InChI=1S/C22H24B6ClF2N3O4/c23-15(32-18(37)20(30,31)11-2-4-12(29)5-3-11)9-1-6-13-10(7-9)8-33(16(13)35)14-17(36)34(28)19(38)22(26,27)21(14,24)25/h1-7,14-15H,8,23-28H2,(H,32,37). The van der Waals surface area contributed by atoms with Gasteiger partial charge in [-0.15, -0.1) is 0 Å². The van der Waals surface area contributed by atoms with Gasteiger partial charge >= 0.3 is 5.92 Å². The normalized spacial score (nSPS) is 21.2. The summed E-state index contributed by atoms with van der Waals surface area (Å²) in [6.45, 7) is 0.113. The van der Waals surface area contributed by atoms with Crippen molar-refractivity contribution in [3.63, 3.8) is 0 Å². The summed E-state index contributed by atoms with van der Waals surface area (Å²) in [5, 5.41) is 0.861. The maximum atomic E-state index is 14.8. The lowest BCUT2D eigenvalue weighted by Gasteiger charge is -2.54. The molecule has 0 spiro atoms. The second-order valence-corrected chi connectivity index (χ2v) is 11.5. The monoisotopic (exact) mass is 533 g/mol. The zero-order valence-electron chi connectivity index (χ0n) is 22.1. The Balaban J connectivity index is 1.56. The van der Waals surface area contributed by atoms with Crippen molar-refractivity contribution in [2.75, 3.05) is 0 Å². The Hall–Kier alpha value is -2.94. The van der Waals surface area contributed by atoms with Gasteiger partial charge in [0.05, 0.1) is 0 Å². The van der Waals surface area contributed by atoms with E-state index in [-0.39, 0.29) is 23.4 Å². The van der Waals surface area contributed by atoms with Crippen molar-refractivity contribution in [1.82, 2.24) is 15.0 Å². The highest BCUT2D eigenvalue weighted by Gasteiger charge is 2.59. The van der Waals surface area contributed by atoms with Gasteiger partial charge < -0.3 is 15.0 Å². The van der Waals surface area contributed by atoms with Crippen LogP contribution in [0.15, 0.2) is 42.5 Å². The number of hydrogen-bond acceptors (Lipinski definition) is 4. The minimum absolute atomic E-state index is 0.113. The Morgan fingerprint density at radius 2 is 1.68 bits per heavy atom. The summed E-state index contributed by atoms with van der Waals surface area (Å²) < 4.78 is 29.5. The van der Waals surface area contributed by atoms with Gasteiger partial charge in [-0.05, 0) is 34.5 Å². The highest BCUT2D eigenvalue weighted by molar-refractivity contribution is 6.65. The van der Waals surface area contributed by atoms with Gasteiger partial charge in [0.25, 0.3) is 11.8 Å². The molecule has 16 heteroatoms. The molecule has 1 fully saturated rings. The van der Waals surface area contributed by atoms with Crippen LogP contribution in [0.25, 0.3) is 0 Å². The van der Waals surface area contributed by atoms with Crippen molar-refractivity contribution in [2.24, 2.45) is 0 Å². The zero-order chi connectivity index (χ0) is 28.4. The first-order valence-electron chi connectivity index (χ1n) is 12.2. The fourth-order valence-electron chi connectivity index (χ4n) is 5.15. The third kappa shape index (κ3) is 4.28. The van der Waals surface area contributed by atoms with Gasteiger partial charge in [-0.25, -0.2) is 0 Å². The minimum atomic E-state index is -3.77. The largest absolute Gasteiger partial charge is 0.352 e. The Kier molecular flexibility index (Phi) is 6.92. The Morgan fingerprint density at radius 1 is 1.08 bits per heavy atom. The lowest BCUT2D eigenvalue weighted by atomic mass is 9.26. The molecule has 1 saturated heterocycles. The van der Waals surface area contributed by atoms with Crippen LogP contribution in [0.1, 0.15) is 33.0 Å². The SMILES string of the molecule is BC(NC(=O)C(F)(F)c1ccc(Cl)cc1)c1ccc2c(c1)CN(C1C(=O)N(B)C(=O)C(B)(B)C1(B)B)C2=O. The van der Waals surface area contributed by atoms with E-state index in [0.29, 0.717) is 16.7 Å². The quantitative estimate of drug-likeness (QED) is 0.326. The van der Waals surface area contributed by atoms with Crippen molar-refractivity contribution in [3.05, 3.63) is 69.7 Å². The maximum Gasteiger partial charge on any atom is 0.349 e. The average molecular weight is 533 g/mol. The third-order valence-corrected chi connectivity index (χ3v) is 8.56. The highest BCUT2D eigenvalue weighted by Crippen LogP contribution is 2.52. The predicted molar refractivity (Wildman–Crippen MR) is 155 cm³/mol. The number of rotatable bonds is 5. The molecule has 0 aliphatic carbocycles. The van der Waals surface area contributed by atoms with Gasteiger partial charge in [0.1, 0.15) is 45.3 Å². The van der Waals surface area contributed by atoms with E-state index < -0.39 is 45.7 Å². The van der Waals surface area contributed by atoms with Crippen LogP contribution in [0.5, 0.6) is 0 Å². The number of hydrogen-bond donors (Lipinski definition) is 1. The van der Waals surface area contributed by atoms with E-state index in [1.165, 1.54) is 25.0 Å². The number of amides is 4. The van der Waals surface area contributed by atoms with Crippen molar-refractivity contribution in [2.45, 2.75) is 34.9 Å². The van der Waals surface area contributed by atoms with Gasteiger partial charge in [-0.1, -0.05) is 41.1 Å². The van der Waals surface area contributed by atoms with Crippen LogP contribution in [0, 0.1) is 0 Å². The molecule has 0 radical (unpaired) electrons. The van der Waals surface area contributed by atoms with Gasteiger partial charge in [0, 0.05) is 28.6 Å². The molecule has 0 bridgehead atoms. The van der Waals surface area contributed by atoms with Gasteiger partial charge in [-0.2, -0.15) is 8.78 Å². The van der Waals surface area contributed by atoms with Crippen molar-refractivity contribution >= 4 is 82.4 Å². The lowest BCUT2D eigenvalue weighted by molar-refractivity contribution is -0.148. The number of nitrogens with one attached hydrogen (secondary N) is 1. The average Bonchev–Trinajstić information content (AvgIpc) is 3.17. The van der Waals surface area contributed by atoms with Crippen LogP contribution in [0.3, 0.4) is 0 Å². The van der Waals surface area contributed by atoms with E-state index in [0.717, 1.165) is 16.9 Å². The number of halogens is 3. The number of nitrogens with zero attached hydrogens (tertiary/aromatic N) is 2. The number of benzene rings is 2. The summed E-state index contributed by atoms with van der Waals surface area (Å²) in [4.78, 5) is 54.5. The first kappa shape index (κ1) is 28.1. The van der Waals surface area contributed by atoms with Gasteiger partial charge in [-0.3, -0.25) is 19.2 Å². The van der Waals surface area contributed by atoms with E-state index in [4.69, 9.17) is 11.6 Å². The molecule has 2 unspecified atom stereocenters. The molecule has 4 rings (SSSR count). The van der Waals surface area contributed by atoms with Crippen LogP contribution in [-0.2, 0) is 26.9 Å². The van der Waals surface area contributed by atoms with E-state index in [1.807, 2.05) is 0 Å². The molecule has 7 nitrogen and oxygen atoms in total. The second-order valence-electron chi connectivity index (χ2n) is 11.1. The summed E-state index contributed by atoms with van der Waals surface area (Å²) in [7, 11) is 10.1. The number of fused-ring (bicyclic) bond motifs is 1. The first-order valence-corrected chi connectivity index (χ1v) is 12.6. The molecule has 4 amide bonds. The molecular weight excluding hydrogens is 509 g/mol. The fourth-order valence-corrected chi connectivity index (χ4v) is 5.28. The van der Waals surface area contributed by atoms with Crippen LogP contribution < -0.4 is 5.32 Å². The number of piperidine rings is 1. The molecule has 38 heavy (non-hydrogen) atoms. The zero-order valence-corrected chi connectivity index (χ0v) is 22.8. The smallest absolute Gasteiger partial charge is 0.349 e. The molecule has 0 saturated carbocycles. The third-order valence-electron chi connectivity index (χ3n) is 8.31. The molecule has 0 aromatic heterocycles. The Morgan fingerprint density at radius 3 is 2.29 bits per heavy atom. The molecule has 2 aromatic rings. The van der Waals surface area contributed by atoms with Gasteiger partial charge in [0.15, 0.2) is 0 Å². The summed E-state index contributed by atoms with van der Waals surface area (Å²) in [5.74, 6) is -7.13. The molecule has 2 atom stereocenters. The summed E-state index contributed by atoms with van der Waals surface area (Å²) >= 11 is 5.76. The van der Waals surface area contributed by atoms with Crippen LogP contribution in [-0.4, -0.2) is 86.6 Å². The van der Waals surface area contributed by atoms with Crippen molar-refractivity contribution in [3.8, 4) is 0 Å². The van der Waals surface area contributed by atoms with Gasteiger partial charge in [0.2, 0.25) is 19.8 Å². The molecule has 2 aliphatic rings. The van der Waals surface area contributed by atoms with Crippen molar-refractivity contribution in [1.29, 1.82) is 0 Å². The van der Waals surface area contributed by atoms with Crippen LogP contribution >= 0.6 is 11.6 Å². The van der Waals surface area contributed by atoms with Crippen LogP contribution in [0.4, 0.5) is 8.78 Å². The number of carbonyl (C=O) groups excluding carboxylic acids is 4.